The van der Waals surface area contributed by atoms with Gasteiger partial charge in [-0.1, -0.05) is 13.3 Å². The van der Waals surface area contributed by atoms with Crippen LogP contribution in [-0.4, -0.2) is 24.3 Å². The zero-order chi connectivity index (χ0) is 15.2. The quantitative estimate of drug-likeness (QED) is 0.804. The van der Waals surface area contributed by atoms with Gasteiger partial charge in [-0.2, -0.15) is 5.10 Å². The maximum atomic E-state index is 6.21. The first-order valence-electron chi connectivity index (χ1n) is 7.07. The van der Waals surface area contributed by atoms with E-state index in [0.717, 1.165) is 34.7 Å². The Hall–Kier alpha value is -1.89. The number of hydrogen-bond acceptors (Lipinski definition) is 5. The van der Waals surface area contributed by atoms with E-state index in [2.05, 4.69) is 35.8 Å². The average Bonchev–Trinajstić information content (AvgIpc) is 3.09. The van der Waals surface area contributed by atoms with Crippen LogP contribution in [0.2, 0.25) is 0 Å². The number of thiazole rings is 1. The highest BCUT2D eigenvalue weighted by Crippen LogP contribution is 2.34. The topological polar surface area (TPSA) is 74.6 Å². The molecule has 0 aromatic carbocycles. The van der Waals surface area contributed by atoms with E-state index in [1.807, 2.05) is 27.9 Å². The molecule has 0 aliphatic carbocycles. The molecule has 0 atom stereocenters. The number of nitrogen functional groups attached to an aromatic ring is 1. The van der Waals surface area contributed by atoms with Crippen LogP contribution in [0.3, 0.4) is 0 Å². The molecular formula is C14H20N6S. The van der Waals surface area contributed by atoms with Crippen molar-refractivity contribution >= 4 is 28.4 Å². The smallest absolute Gasteiger partial charge is 0.203 e. The zero-order valence-corrected chi connectivity index (χ0v) is 13.6. The van der Waals surface area contributed by atoms with Crippen LogP contribution in [0.1, 0.15) is 37.9 Å². The molecule has 0 amide bonds. The number of hydrogen-bond donors (Lipinski definition) is 1. The Morgan fingerprint density at radius 1 is 1.38 bits per heavy atom. The molecule has 0 saturated carbocycles. The lowest BCUT2D eigenvalue weighted by Crippen LogP contribution is -2.29. The SMILES string of the molecule is CCCc1nn(C)c2c1nc(N)n2C(C)(C)c1nccs1. The van der Waals surface area contributed by atoms with Crippen LogP contribution in [0.25, 0.3) is 11.2 Å². The fourth-order valence-corrected chi connectivity index (χ4v) is 3.53. The van der Waals surface area contributed by atoms with Gasteiger partial charge in [-0.05, 0) is 20.3 Å². The molecule has 21 heavy (non-hydrogen) atoms. The molecule has 0 bridgehead atoms. The molecule has 0 radical (unpaired) electrons. The molecule has 112 valence electrons. The third-order valence-corrected chi connectivity index (χ3v) is 4.82. The van der Waals surface area contributed by atoms with Crippen molar-refractivity contribution in [2.24, 2.45) is 7.05 Å². The molecular weight excluding hydrogens is 284 g/mol. The van der Waals surface area contributed by atoms with E-state index in [4.69, 9.17) is 5.73 Å². The predicted octanol–water partition coefficient (Wildman–Crippen LogP) is 2.54. The molecule has 0 spiro atoms. The third-order valence-electron chi connectivity index (χ3n) is 3.73. The van der Waals surface area contributed by atoms with E-state index < -0.39 is 0 Å². The number of aromatic nitrogens is 5. The number of anilines is 1. The molecule has 3 rings (SSSR count). The van der Waals surface area contributed by atoms with E-state index in [1.54, 1.807) is 11.3 Å². The molecule has 7 heteroatoms. The summed E-state index contributed by atoms with van der Waals surface area (Å²) in [6.45, 7) is 6.35. The van der Waals surface area contributed by atoms with Crippen LogP contribution in [0, 0.1) is 0 Å². The maximum absolute atomic E-state index is 6.21. The molecule has 0 aliphatic rings. The summed E-state index contributed by atoms with van der Waals surface area (Å²) in [5, 5.41) is 7.58. The summed E-state index contributed by atoms with van der Waals surface area (Å²) in [6.07, 6.45) is 3.76. The molecule has 3 heterocycles. The Morgan fingerprint density at radius 3 is 2.76 bits per heavy atom. The maximum Gasteiger partial charge on any atom is 0.203 e. The van der Waals surface area contributed by atoms with Gasteiger partial charge >= 0.3 is 0 Å². The van der Waals surface area contributed by atoms with Gasteiger partial charge in [-0.3, -0.25) is 9.25 Å². The minimum atomic E-state index is -0.357. The monoisotopic (exact) mass is 304 g/mol. The summed E-state index contributed by atoms with van der Waals surface area (Å²) in [5.41, 5.74) is 8.72. The number of nitrogens with two attached hydrogens (primary N) is 1. The van der Waals surface area contributed by atoms with Gasteiger partial charge in [0.05, 0.1) is 11.2 Å². The van der Waals surface area contributed by atoms with Crippen molar-refractivity contribution in [3.8, 4) is 0 Å². The van der Waals surface area contributed by atoms with Gasteiger partial charge in [0, 0.05) is 18.6 Å². The average molecular weight is 304 g/mol. The highest BCUT2D eigenvalue weighted by molar-refractivity contribution is 7.09. The van der Waals surface area contributed by atoms with E-state index in [-0.39, 0.29) is 5.54 Å². The van der Waals surface area contributed by atoms with Crippen LogP contribution in [-0.2, 0) is 19.0 Å². The predicted molar refractivity (Wildman–Crippen MR) is 85.4 cm³/mol. The molecule has 3 aromatic heterocycles. The van der Waals surface area contributed by atoms with E-state index >= 15 is 0 Å². The summed E-state index contributed by atoms with van der Waals surface area (Å²) < 4.78 is 3.91. The van der Waals surface area contributed by atoms with E-state index in [0.29, 0.717) is 5.95 Å². The normalized spacial score (nSPS) is 12.4. The summed E-state index contributed by atoms with van der Waals surface area (Å²) in [5.74, 6) is 0.510. The number of fused-ring (bicyclic) bond motifs is 1. The highest BCUT2D eigenvalue weighted by Gasteiger charge is 2.32. The lowest BCUT2D eigenvalue weighted by Gasteiger charge is -2.25. The standard InChI is InChI=1S/C14H20N6S/c1-5-6-9-10-11(19(4)18-9)20(13(15)17-10)14(2,3)12-16-7-8-21-12/h7-8H,5-6H2,1-4H3,(H2,15,17). The summed E-state index contributed by atoms with van der Waals surface area (Å²) >= 11 is 1.62. The second kappa shape index (κ2) is 4.84. The molecule has 0 unspecified atom stereocenters. The number of aryl methyl sites for hydroxylation is 2. The van der Waals surface area contributed by atoms with E-state index in [1.165, 1.54) is 0 Å². The van der Waals surface area contributed by atoms with Gasteiger partial charge in [-0.25, -0.2) is 9.97 Å². The molecule has 0 fully saturated rings. The fourth-order valence-electron chi connectivity index (χ4n) is 2.77. The summed E-state index contributed by atoms with van der Waals surface area (Å²) in [4.78, 5) is 9.01. The van der Waals surface area contributed by atoms with Crippen LogP contribution >= 0.6 is 11.3 Å². The van der Waals surface area contributed by atoms with Gasteiger partial charge in [0.15, 0.2) is 5.65 Å². The van der Waals surface area contributed by atoms with Crippen molar-refractivity contribution in [2.75, 3.05) is 5.73 Å². The molecule has 3 aromatic rings. The zero-order valence-electron chi connectivity index (χ0n) is 12.8. The summed E-state index contributed by atoms with van der Waals surface area (Å²) in [7, 11) is 1.94. The lowest BCUT2D eigenvalue weighted by molar-refractivity contribution is 0.444. The van der Waals surface area contributed by atoms with Gasteiger partial charge in [-0.15, -0.1) is 11.3 Å². The first-order valence-corrected chi connectivity index (χ1v) is 7.95. The first kappa shape index (κ1) is 14.1. The largest absolute Gasteiger partial charge is 0.369 e. The van der Waals surface area contributed by atoms with Crippen LogP contribution < -0.4 is 5.73 Å². The van der Waals surface area contributed by atoms with Crippen molar-refractivity contribution in [2.45, 2.75) is 39.2 Å². The Labute approximate surface area is 127 Å². The number of rotatable bonds is 4. The Balaban J connectivity index is 2.26. The van der Waals surface area contributed by atoms with Gasteiger partial charge in [0.2, 0.25) is 5.95 Å². The molecule has 0 saturated heterocycles. The van der Waals surface area contributed by atoms with Crippen molar-refractivity contribution in [1.29, 1.82) is 0 Å². The van der Waals surface area contributed by atoms with Gasteiger partial charge < -0.3 is 5.73 Å². The second-order valence-electron chi connectivity index (χ2n) is 5.69. The summed E-state index contributed by atoms with van der Waals surface area (Å²) in [6, 6.07) is 0. The number of nitrogens with zero attached hydrogens (tertiary/aromatic N) is 5. The van der Waals surface area contributed by atoms with Crippen molar-refractivity contribution in [1.82, 2.24) is 24.3 Å². The Morgan fingerprint density at radius 2 is 2.14 bits per heavy atom. The molecule has 0 aliphatic heterocycles. The molecule has 2 N–H and O–H groups in total. The van der Waals surface area contributed by atoms with Crippen molar-refractivity contribution < 1.29 is 0 Å². The minimum absolute atomic E-state index is 0.357. The number of imidazole rings is 1. The Kier molecular flexibility index (Phi) is 3.24. The van der Waals surface area contributed by atoms with E-state index in [9.17, 15) is 0 Å². The first-order chi connectivity index (χ1) is 9.96. The lowest BCUT2D eigenvalue weighted by atomic mass is 10.1. The fraction of sp³-hybridized carbons (Fsp3) is 0.500. The van der Waals surface area contributed by atoms with Crippen LogP contribution in [0.15, 0.2) is 11.6 Å². The van der Waals surface area contributed by atoms with Crippen molar-refractivity contribution in [3.05, 3.63) is 22.3 Å². The highest BCUT2D eigenvalue weighted by atomic mass is 32.1. The Bertz CT molecular complexity index is 765. The second-order valence-corrected chi connectivity index (χ2v) is 6.59. The van der Waals surface area contributed by atoms with Crippen LogP contribution in [0.4, 0.5) is 5.95 Å². The third kappa shape index (κ3) is 2.03. The van der Waals surface area contributed by atoms with Gasteiger partial charge in [0.25, 0.3) is 0 Å². The van der Waals surface area contributed by atoms with Crippen molar-refractivity contribution in [3.63, 3.8) is 0 Å². The van der Waals surface area contributed by atoms with Crippen LogP contribution in [0.5, 0.6) is 0 Å². The molecule has 6 nitrogen and oxygen atoms in total. The minimum Gasteiger partial charge on any atom is -0.369 e. The van der Waals surface area contributed by atoms with Gasteiger partial charge in [0.1, 0.15) is 10.5 Å².